The molecule has 0 aromatic carbocycles. The van der Waals surface area contributed by atoms with Gasteiger partial charge in [0.25, 0.3) is 5.91 Å². The molecule has 1 fully saturated rings. The summed E-state index contributed by atoms with van der Waals surface area (Å²) in [5.74, 6) is 5.85. The summed E-state index contributed by atoms with van der Waals surface area (Å²) in [6.07, 6.45) is 3.30. The van der Waals surface area contributed by atoms with Crippen molar-refractivity contribution < 1.29 is 9.53 Å². The zero-order chi connectivity index (χ0) is 10.6. The number of ether oxygens (including phenoxy) is 1. The van der Waals surface area contributed by atoms with Gasteiger partial charge in [0.05, 0.1) is 0 Å². The average molecular weight is 200 g/mol. The molecule has 1 rings (SSSR count). The largest absolute Gasteiger partial charge is 0.368 e. The maximum atomic E-state index is 11.3. The fourth-order valence-corrected chi connectivity index (χ4v) is 1.42. The molecule has 82 valence electrons. The molecular weight excluding hydrogens is 180 g/mol. The van der Waals surface area contributed by atoms with Crippen LogP contribution in [0.1, 0.15) is 33.1 Å². The van der Waals surface area contributed by atoms with Gasteiger partial charge in [-0.1, -0.05) is 26.7 Å². The molecule has 0 radical (unpaired) electrons. The van der Waals surface area contributed by atoms with E-state index in [4.69, 9.17) is 10.6 Å². The summed E-state index contributed by atoms with van der Waals surface area (Å²) in [5.41, 5.74) is 2.14. The predicted octanol–water partition coefficient (Wildman–Crippen LogP) is 0.818. The smallest absolute Gasteiger partial charge is 0.263 e. The highest BCUT2D eigenvalue weighted by molar-refractivity contribution is 5.80. The third kappa shape index (κ3) is 3.64. The maximum Gasteiger partial charge on any atom is 0.263 e. The summed E-state index contributed by atoms with van der Waals surface area (Å²) in [6, 6.07) is 0. The highest BCUT2D eigenvalue weighted by Crippen LogP contribution is 2.32. The van der Waals surface area contributed by atoms with Crippen LogP contribution in [0.5, 0.6) is 0 Å². The second-order valence-electron chi connectivity index (χ2n) is 4.28. The number of amides is 1. The summed E-state index contributed by atoms with van der Waals surface area (Å²) < 4.78 is 5.52. The lowest BCUT2D eigenvalue weighted by Gasteiger charge is -2.19. The molecule has 1 aliphatic rings. The van der Waals surface area contributed by atoms with Crippen LogP contribution in [0.25, 0.3) is 0 Å². The zero-order valence-electron chi connectivity index (χ0n) is 8.95. The van der Waals surface area contributed by atoms with Crippen LogP contribution in [0.2, 0.25) is 0 Å². The lowest BCUT2D eigenvalue weighted by molar-refractivity contribution is -0.135. The minimum Gasteiger partial charge on any atom is -0.368 e. The Labute approximate surface area is 85.2 Å². The molecule has 1 aliphatic carbocycles. The molecule has 0 heterocycles. The van der Waals surface area contributed by atoms with E-state index < -0.39 is 6.10 Å². The van der Waals surface area contributed by atoms with Gasteiger partial charge in [-0.15, -0.1) is 0 Å². The molecule has 1 atom stereocenters. The summed E-state index contributed by atoms with van der Waals surface area (Å²) in [4.78, 5) is 11.3. The van der Waals surface area contributed by atoms with Crippen LogP contribution in [-0.4, -0.2) is 18.6 Å². The highest BCUT2D eigenvalue weighted by Gasteiger charge is 2.25. The van der Waals surface area contributed by atoms with Crippen LogP contribution < -0.4 is 11.3 Å². The molecule has 1 unspecified atom stereocenters. The van der Waals surface area contributed by atoms with Gasteiger partial charge in [0.15, 0.2) is 0 Å². The standard InChI is InChI=1S/C10H20N2O2/c1-7(2)9(10(13)12-11)14-6-5-8-3-4-8/h7-9H,3-6,11H2,1-2H3,(H,12,13). The van der Waals surface area contributed by atoms with Crippen molar-refractivity contribution in [2.45, 2.75) is 39.2 Å². The predicted molar refractivity (Wildman–Crippen MR) is 54.2 cm³/mol. The van der Waals surface area contributed by atoms with Crippen LogP contribution in [0.3, 0.4) is 0 Å². The molecule has 0 saturated heterocycles. The number of hydrazine groups is 1. The van der Waals surface area contributed by atoms with Crippen molar-refractivity contribution in [3.8, 4) is 0 Å². The number of carbonyl (C=O) groups excluding carboxylic acids is 1. The monoisotopic (exact) mass is 200 g/mol. The molecule has 0 spiro atoms. The molecular formula is C10H20N2O2. The first-order valence-electron chi connectivity index (χ1n) is 5.27. The molecule has 4 nitrogen and oxygen atoms in total. The molecule has 1 amide bonds. The maximum absolute atomic E-state index is 11.3. The first-order valence-corrected chi connectivity index (χ1v) is 5.27. The Morgan fingerprint density at radius 1 is 1.57 bits per heavy atom. The summed E-state index contributed by atoms with van der Waals surface area (Å²) in [5, 5.41) is 0. The number of hydrogen-bond donors (Lipinski definition) is 2. The van der Waals surface area contributed by atoms with Crippen LogP contribution in [-0.2, 0) is 9.53 Å². The summed E-state index contributed by atoms with van der Waals surface area (Å²) in [7, 11) is 0. The second-order valence-corrected chi connectivity index (χ2v) is 4.28. The Hall–Kier alpha value is -0.610. The number of nitrogens with two attached hydrogens (primary N) is 1. The number of nitrogens with one attached hydrogen (secondary N) is 1. The van der Waals surface area contributed by atoms with Crippen LogP contribution in [0.15, 0.2) is 0 Å². The van der Waals surface area contributed by atoms with Crippen LogP contribution in [0.4, 0.5) is 0 Å². The minimum absolute atomic E-state index is 0.165. The molecule has 0 aliphatic heterocycles. The van der Waals surface area contributed by atoms with Gasteiger partial charge in [-0.05, 0) is 18.3 Å². The van der Waals surface area contributed by atoms with Crippen molar-refractivity contribution in [2.75, 3.05) is 6.61 Å². The number of rotatable bonds is 6. The van der Waals surface area contributed by atoms with E-state index in [-0.39, 0.29) is 11.8 Å². The van der Waals surface area contributed by atoms with E-state index in [1.54, 1.807) is 0 Å². The second kappa shape index (κ2) is 5.32. The third-order valence-electron chi connectivity index (χ3n) is 2.53. The molecule has 1 saturated carbocycles. The fourth-order valence-electron chi connectivity index (χ4n) is 1.42. The van der Waals surface area contributed by atoms with Crippen molar-refractivity contribution in [3.05, 3.63) is 0 Å². The fraction of sp³-hybridized carbons (Fsp3) is 0.900. The van der Waals surface area contributed by atoms with Gasteiger partial charge >= 0.3 is 0 Å². The molecule has 4 heteroatoms. The van der Waals surface area contributed by atoms with E-state index in [0.29, 0.717) is 6.61 Å². The van der Waals surface area contributed by atoms with Crippen molar-refractivity contribution in [1.29, 1.82) is 0 Å². The Bertz CT molecular complexity index is 191. The van der Waals surface area contributed by atoms with Crippen molar-refractivity contribution >= 4 is 5.91 Å². The van der Waals surface area contributed by atoms with E-state index in [1.165, 1.54) is 12.8 Å². The van der Waals surface area contributed by atoms with Gasteiger partial charge in [-0.25, -0.2) is 5.84 Å². The molecule has 3 N–H and O–H groups in total. The van der Waals surface area contributed by atoms with E-state index in [1.807, 2.05) is 13.8 Å². The quantitative estimate of drug-likeness (QED) is 0.379. The third-order valence-corrected chi connectivity index (χ3v) is 2.53. The van der Waals surface area contributed by atoms with E-state index >= 15 is 0 Å². The molecule has 0 aromatic heterocycles. The Morgan fingerprint density at radius 3 is 2.64 bits per heavy atom. The summed E-state index contributed by atoms with van der Waals surface area (Å²) in [6.45, 7) is 4.58. The molecule has 14 heavy (non-hydrogen) atoms. The van der Waals surface area contributed by atoms with Crippen molar-refractivity contribution in [1.82, 2.24) is 5.43 Å². The molecule has 0 bridgehead atoms. The van der Waals surface area contributed by atoms with E-state index in [9.17, 15) is 4.79 Å². The first kappa shape index (κ1) is 11.5. The van der Waals surface area contributed by atoms with Gasteiger partial charge in [-0.2, -0.15) is 0 Å². The normalized spacial score (nSPS) is 18.3. The highest BCUT2D eigenvalue weighted by atomic mass is 16.5. The first-order chi connectivity index (χ1) is 6.65. The zero-order valence-corrected chi connectivity index (χ0v) is 8.95. The summed E-state index contributed by atoms with van der Waals surface area (Å²) >= 11 is 0. The topological polar surface area (TPSA) is 64.3 Å². The SMILES string of the molecule is CC(C)C(OCCC1CC1)C(=O)NN. The van der Waals surface area contributed by atoms with Crippen molar-refractivity contribution in [3.63, 3.8) is 0 Å². The van der Waals surface area contributed by atoms with Crippen molar-refractivity contribution in [2.24, 2.45) is 17.7 Å². The van der Waals surface area contributed by atoms with Gasteiger partial charge in [-0.3, -0.25) is 10.2 Å². The Kier molecular flexibility index (Phi) is 4.35. The van der Waals surface area contributed by atoms with Gasteiger partial charge in [0.1, 0.15) is 6.10 Å². The lowest BCUT2D eigenvalue weighted by atomic mass is 10.1. The minimum atomic E-state index is -0.404. The number of hydrogen-bond acceptors (Lipinski definition) is 3. The number of carbonyl (C=O) groups is 1. The van der Waals surface area contributed by atoms with E-state index in [2.05, 4.69) is 5.43 Å². The van der Waals surface area contributed by atoms with Crippen LogP contribution >= 0.6 is 0 Å². The van der Waals surface area contributed by atoms with E-state index in [0.717, 1.165) is 12.3 Å². The van der Waals surface area contributed by atoms with Gasteiger partial charge in [0.2, 0.25) is 0 Å². The van der Waals surface area contributed by atoms with Crippen LogP contribution in [0, 0.1) is 11.8 Å². The Morgan fingerprint density at radius 2 is 2.21 bits per heavy atom. The molecule has 0 aromatic rings. The average Bonchev–Trinajstić information content (AvgIpc) is 2.94. The lowest BCUT2D eigenvalue weighted by Crippen LogP contribution is -2.43. The van der Waals surface area contributed by atoms with Gasteiger partial charge in [0, 0.05) is 6.61 Å². The Balaban J connectivity index is 2.22. The van der Waals surface area contributed by atoms with Gasteiger partial charge < -0.3 is 4.74 Å².